The first kappa shape index (κ1) is 15.3. The van der Waals surface area contributed by atoms with Crippen molar-refractivity contribution in [1.82, 2.24) is 10.3 Å². The summed E-state index contributed by atoms with van der Waals surface area (Å²) in [6, 6.07) is 0.534. The first-order valence-corrected chi connectivity index (χ1v) is 9.22. The van der Waals surface area contributed by atoms with Crippen LogP contribution in [0.4, 0.5) is 5.13 Å². The molecule has 0 radical (unpaired) electrons. The van der Waals surface area contributed by atoms with E-state index in [4.69, 9.17) is 4.98 Å². The molecule has 0 bridgehead atoms. The molecule has 0 spiro atoms. The van der Waals surface area contributed by atoms with Crippen LogP contribution in [0.25, 0.3) is 0 Å². The number of rotatable bonds is 2. The molecule has 3 nitrogen and oxygen atoms in total. The zero-order valence-electron chi connectivity index (χ0n) is 13.9. The molecule has 21 heavy (non-hydrogen) atoms. The molecule has 1 fully saturated rings. The van der Waals surface area contributed by atoms with E-state index >= 15 is 0 Å². The van der Waals surface area contributed by atoms with Gasteiger partial charge in [-0.25, -0.2) is 4.98 Å². The fourth-order valence-electron chi connectivity index (χ4n) is 3.75. The second-order valence-corrected chi connectivity index (χ2v) is 8.68. The van der Waals surface area contributed by atoms with Crippen molar-refractivity contribution in [2.24, 2.45) is 11.3 Å². The van der Waals surface area contributed by atoms with Gasteiger partial charge in [-0.05, 0) is 50.5 Å². The Kier molecular flexibility index (Phi) is 4.28. The summed E-state index contributed by atoms with van der Waals surface area (Å²) in [5, 5.41) is 4.73. The standard InChI is InChI=1S/C17H29N3S/c1-17(2,3)12-8-10-20(11-9-12)16-19-14-7-5-6-13(18-4)15(14)21-16/h12-13,18H,5-11H2,1-4H3. The Morgan fingerprint density at radius 3 is 2.52 bits per heavy atom. The number of anilines is 1. The summed E-state index contributed by atoms with van der Waals surface area (Å²) >= 11 is 1.94. The molecule has 1 N–H and O–H groups in total. The van der Waals surface area contributed by atoms with Crippen LogP contribution in [0.5, 0.6) is 0 Å². The Balaban J connectivity index is 1.70. The van der Waals surface area contributed by atoms with Gasteiger partial charge in [0.1, 0.15) is 0 Å². The molecular weight excluding hydrogens is 278 g/mol. The fourth-order valence-corrected chi connectivity index (χ4v) is 5.06. The molecule has 2 heterocycles. The molecule has 4 heteroatoms. The maximum Gasteiger partial charge on any atom is 0.185 e. The molecule has 1 saturated heterocycles. The number of aryl methyl sites for hydroxylation is 1. The van der Waals surface area contributed by atoms with Crippen LogP contribution in [0.2, 0.25) is 0 Å². The molecule has 118 valence electrons. The van der Waals surface area contributed by atoms with Crippen molar-refractivity contribution >= 4 is 16.5 Å². The predicted molar refractivity (Wildman–Crippen MR) is 91.2 cm³/mol. The smallest absolute Gasteiger partial charge is 0.185 e. The van der Waals surface area contributed by atoms with Gasteiger partial charge in [0.25, 0.3) is 0 Å². The second kappa shape index (κ2) is 5.88. The van der Waals surface area contributed by atoms with Crippen LogP contribution in [-0.2, 0) is 6.42 Å². The van der Waals surface area contributed by atoms with Crippen LogP contribution >= 0.6 is 11.3 Å². The lowest BCUT2D eigenvalue weighted by atomic mass is 9.75. The van der Waals surface area contributed by atoms with Crippen molar-refractivity contribution < 1.29 is 0 Å². The average molecular weight is 308 g/mol. The van der Waals surface area contributed by atoms with E-state index in [1.165, 1.54) is 60.9 Å². The van der Waals surface area contributed by atoms with Gasteiger partial charge in [0, 0.05) is 24.0 Å². The third kappa shape index (κ3) is 3.11. The SMILES string of the molecule is CNC1CCCc2nc(N3CCC(C(C)(C)C)CC3)sc21. The maximum absolute atomic E-state index is 4.96. The Hall–Kier alpha value is -0.610. The third-order valence-electron chi connectivity index (χ3n) is 5.28. The van der Waals surface area contributed by atoms with E-state index in [1.54, 1.807) is 0 Å². The van der Waals surface area contributed by atoms with Crippen molar-refractivity contribution in [2.75, 3.05) is 25.0 Å². The number of nitrogens with zero attached hydrogens (tertiary/aromatic N) is 2. The normalized spacial score (nSPS) is 24.2. The summed E-state index contributed by atoms with van der Waals surface area (Å²) < 4.78 is 0. The maximum atomic E-state index is 4.96. The summed E-state index contributed by atoms with van der Waals surface area (Å²) in [4.78, 5) is 8.99. The van der Waals surface area contributed by atoms with E-state index in [2.05, 4.69) is 38.0 Å². The number of nitrogens with one attached hydrogen (secondary N) is 1. The van der Waals surface area contributed by atoms with Crippen molar-refractivity contribution in [3.05, 3.63) is 10.6 Å². The van der Waals surface area contributed by atoms with Gasteiger partial charge in [0.2, 0.25) is 0 Å². The van der Waals surface area contributed by atoms with Crippen LogP contribution < -0.4 is 10.2 Å². The fraction of sp³-hybridized carbons (Fsp3) is 0.824. The number of piperidine rings is 1. The van der Waals surface area contributed by atoms with Crippen molar-refractivity contribution in [3.63, 3.8) is 0 Å². The zero-order valence-corrected chi connectivity index (χ0v) is 14.7. The third-order valence-corrected chi connectivity index (χ3v) is 6.55. The van der Waals surface area contributed by atoms with Crippen LogP contribution in [0, 0.1) is 11.3 Å². The van der Waals surface area contributed by atoms with Gasteiger partial charge in [-0.15, -0.1) is 0 Å². The van der Waals surface area contributed by atoms with Crippen molar-refractivity contribution in [2.45, 2.75) is 58.9 Å². The summed E-state index contributed by atoms with van der Waals surface area (Å²) in [7, 11) is 2.08. The molecule has 1 unspecified atom stereocenters. The number of fused-ring (bicyclic) bond motifs is 1. The van der Waals surface area contributed by atoms with Gasteiger partial charge in [-0.2, -0.15) is 0 Å². The first-order chi connectivity index (χ1) is 9.99. The summed E-state index contributed by atoms with van der Waals surface area (Å²) in [6.07, 6.45) is 6.32. The Morgan fingerprint density at radius 1 is 1.19 bits per heavy atom. The Morgan fingerprint density at radius 2 is 1.90 bits per heavy atom. The van der Waals surface area contributed by atoms with E-state index in [-0.39, 0.29) is 0 Å². The molecule has 1 aliphatic carbocycles. The monoisotopic (exact) mass is 307 g/mol. The number of hydrogen-bond donors (Lipinski definition) is 1. The van der Waals surface area contributed by atoms with E-state index < -0.39 is 0 Å². The molecule has 1 atom stereocenters. The largest absolute Gasteiger partial charge is 0.348 e. The highest BCUT2D eigenvalue weighted by Crippen LogP contribution is 2.40. The van der Waals surface area contributed by atoms with Gasteiger partial charge in [-0.3, -0.25) is 0 Å². The summed E-state index contributed by atoms with van der Waals surface area (Å²) in [5.74, 6) is 0.855. The highest BCUT2D eigenvalue weighted by Gasteiger charge is 2.31. The highest BCUT2D eigenvalue weighted by atomic mass is 32.1. The number of thiazole rings is 1. The number of hydrogen-bond acceptors (Lipinski definition) is 4. The molecule has 0 amide bonds. The lowest BCUT2D eigenvalue weighted by Crippen LogP contribution is -2.37. The van der Waals surface area contributed by atoms with Gasteiger partial charge in [0.05, 0.1) is 5.69 Å². The average Bonchev–Trinajstić information content (AvgIpc) is 2.90. The van der Waals surface area contributed by atoms with Gasteiger partial charge in [0.15, 0.2) is 5.13 Å². The Labute approximate surface area is 133 Å². The number of aromatic nitrogens is 1. The Bertz CT molecular complexity index is 481. The van der Waals surface area contributed by atoms with Gasteiger partial charge < -0.3 is 10.2 Å². The minimum absolute atomic E-state index is 0.450. The molecular formula is C17H29N3S. The second-order valence-electron chi connectivity index (χ2n) is 7.67. The van der Waals surface area contributed by atoms with Gasteiger partial charge >= 0.3 is 0 Å². The molecule has 1 aliphatic heterocycles. The van der Waals surface area contributed by atoms with E-state index in [0.717, 1.165) is 5.92 Å². The van der Waals surface area contributed by atoms with E-state index in [1.807, 2.05) is 11.3 Å². The molecule has 1 aromatic rings. The lowest BCUT2D eigenvalue weighted by Gasteiger charge is -2.38. The van der Waals surface area contributed by atoms with Crippen LogP contribution in [0.1, 0.15) is 63.1 Å². The lowest BCUT2D eigenvalue weighted by molar-refractivity contribution is 0.199. The quantitative estimate of drug-likeness (QED) is 0.895. The molecule has 0 saturated carbocycles. The van der Waals surface area contributed by atoms with Crippen LogP contribution in [-0.4, -0.2) is 25.1 Å². The summed E-state index contributed by atoms with van der Waals surface area (Å²) in [5.41, 5.74) is 1.81. The van der Waals surface area contributed by atoms with Crippen molar-refractivity contribution in [3.8, 4) is 0 Å². The first-order valence-electron chi connectivity index (χ1n) is 8.41. The van der Waals surface area contributed by atoms with E-state index in [9.17, 15) is 0 Å². The van der Waals surface area contributed by atoms with Crippen LogP contribution in [0.3, 0.4) is 0 Å². The van der Waals surface area contributed by atoms with Gasteiger partial charge in [-0.1, -0.05) is 32.1 Å². The molecule has 3 rings (SSSR count). The van der Waals surface area contributed by atoms with Crippen molar-refractivity contribution in [1.29, 1.82) is 0 Å². The zero-order chi connectivity index (χ0) is 15.0. The molecule has 2 aliphatic rings. The summed E-state index contributed by atoms with van der Waals surface area (Å²) in [6.45, 7) is 9.50. The minimum Gasteiger partial charge on any atom is -0.348 e. The minimum atomic E-state index is 0.450. The van der Waals surface area contributed by atoms with E-state index in [0.29, 0.717) is 11.5 Å². The molecule has 0 aromatic carbocycles. The molecule has 1 aromatic heterocycles. The highest BCUT2D eigenvalue weighted by molar-refractivity contribution is 7.15. The van der Waals surface area contributed by atoms with Crippen LogP contribution in [0.15, 0.2) is 0 Å². The predicted octanol–water partition coefficient (Wildman–Crippen LogP) is 4.00. The topological polar surface area (TPSA) is 28.2 Å².